The summed E-state index contributed by atoms with van der Waals surface area (Å²) in [7, 11) is 0. The molecule has 1 aliphatic rings. The van der Waals surface area contributed by atoms with Gasteiger partial charge >= 0.3 is 5.97 Å². The molecule has 2 rings (SSSR count). The first kappa shape index (κ1) is 15.3. The lowest BCUT2D eigenvalue weighted by atomic mass is 10.0. The van der Waals surface area contributed by atoms with E-state index >= 15 is 0 Å². The van der Waals surface area contributed by atoms with E-state index in [0.29, 0.717) is 38.2 Å². The minimum absolute atomic E-state index is 0.0385. The predicted molar refractivity (Wildman–Crippen MR) is 78.1 cm³/mol. The van der Waals surface area contributed by atoms with E-state index in [1.807, 2.05) is 12.1 Å². The summed E-state index contributed by atoms with van der Waals surface area (Å²) < 4.78 is 10.4. The molecule has 1 aromatic rings. The van der Waals surface area contributed by atoms with E-state index in [2.05, 4.69) is 5.32 Å². The van der Waals surface area contributed by atoms with Crippen molar-refractivity contribution in [3.05, 3.63) is 23.8 Å². The molecule has 0 fully saturated rings. The number of amides is 1. The monoisotopic (exact) mass is 292 g/mol. The Labute approximate surface area is 123 Å². The van der Waals surface area contributed by atoms with Crippen LogP contribution in [0.4, 0.5) is 5.69 Å². The Morgan fingerprint density at radius 2 is 2.24 bits per heavy atom. The number of nitrogens with two attached hydrogens (primary N) is 1. The van der Waals surface area contributed by atoms with Gasteiger partial charge in [-0.25, -0.2) is 0 Å². The molecule has 1 atom stereocenters. The van der Waals surface area contributed by atoms with Gasteiger partial charge in [0.15, 0.2) is 0 Å². The molecule has 21 heavy (non-hydrogen) atoms. The van der Waals surface area contributed by atoms with Gasteiger partial charge in [0.1, 0.15) is 11.8 Å². The highest BCUT2D eigenvalue weighted by atomic mass is 16.5. The van der Waals surface area contributed by atoms with Crippen molar-refractivity contribution in [2.45, 2.75) is 32.2 Å². The summed E-state index contributed by atoms with van der Waals surface area (Å²) in [6.45, 7) is 2.40. The lowest BCUT2D eigenvalue weighted by Gasteiger charge is -2.18. The van der Waals surface area contributed by atoms with Crippen molar-refractivity contribution in [2.24, 2.45) is 5.73 Å². The van der Waals surface area contributed by atoms with Crippen molar-refractivity contribution in [2.75, 3.05) is 18.5 Å². The molecule has 0 saturated carbocycles. The first-order chi connectivity index (χ1) is 10.1. The molecule has 1 amide bonds. The summed E-state index contributed by atoms with van der Waals surface area (Å²) in [6.07, 6.45) is 1.59. The van der Waals surface area contributed by atoms with Crippen LogP contribution < -0.4 is 15.8 Å². The van der Waals surface area contributed by atoms with Crippen LogP contribution in [0.1, 0.15) is 25.3 Å². The van der Waals surface area contributed by atoms with Gasteiger partial charge in [0, 0.05) is 18.5 Å². The summed E-state index contributed by atoms with van der Waals surface area (Å²) in [4.78, 5) is 22.6. The lowest BCUT2D eigenvalue weighted by Crippen LogP contribution is -2.33. The van der Waals surface area contributed by atoms with Gasteiger partial charge in [-0.05, 0) is 37.1 Å². The van der Waals surface area contributed by atoms with Crippen molar-refractivity contribution in [3.8, 4) is 5.75 Å². The fourth-order valence-corrected chi connectivity index (χ4v) is 2.12. The van der Waals surface area contributed by atoms with Gasteiger partial charge in [0.2, 0.25) is 5.91 Å². The van der Waals surface area contributed by atoms with Gasteiger partial charge in [-0.1, -0.05) is 0 Å². The molecule has 114 valence electrons. The van der Waals surface area contributed by atoms with Crippen LogP contribution in [0.25, 0.3) is 0 Å². The maximum Gasteiger partial charge on any atom is 0.323 e. The van der Waals surface area contributed by atoms with E-state index in [4.69, 9.17) is 15.2 Å². The standard InChI is InChI=1S/C15H20N2O4/c1-2-20-15(19)12(16)7-8-21-11-4-5-13-10(9-11)3-6-14(18)17-13/h4-5,9,12H,2-3,6-8,16H2,1H3,(H,17,18). The van der Waals surface area contributed by atoms with Crippen LogP contribution in [0.3, 0.4) is 0 Å². The molecule has 6 heteroatoms. The van der Waals surface area contributed by atoms with Crippen LogP contribution in [0, 0.1) is 0 Å². The summed E-state index contributed by atoms with van der Waals surface area (Å²) >= 11 is 0. The zero-order chi connectivity index (χ0) is 15.2. The zero-order valence-corrected chi connectivity index (χ0v) is 12.1. The van der Waals surface area contributed by atoms with Gasteiger partial charge < -0.3 is 20.5 Å². The average Bonchev–Trinajstić information content (AvgIpc) is 2.47. The van der Waals surface area contributed by atoms with Gasteiger partial charge in [-0.2, -0.15) is 0 Å². The fourth-order valence-electron chi connectivity index (χ4n) is 2.12. The topological polar surface area (TPSA) is 90.7 Å². The second kappa shape index (κ2) is 7.08. The van der Waals surface area contributed by atoms with E-state index in [0.717, 1.165) is 11.3 Å². The quantitative estimate of drug-likeness (QED) is 0.770. The third-order valence-corrected chi connectivity index (χ3v) is 3.26. The molecule has 0 saturated heterocycles. The predicted octanol–water partition coefficient (Wildman–Crippen LogP) is 1.23. The molecular weight excluding hydrogens is 272 g/mol. The molecule has 3 N–H and O–H groups in total. The van der Waals surface area contributed by atoms with E-state index < -0.39 is 12.0 Å². The number of rotatable bonds is 6. The summed E-state index contributed by atoms with van der Waals surface area (Å²) in [5.41, 5.74) is 7.58. The number of nitrogens with one attached hydrogen (secondary N) is 1. The Kier molecular flexibility index (Phi) is 5.16. The maximum absolute atomic E-state index is 11.4. The van der Waals surface area contributed by atoms with Crippen molar-refractivity contribution < 1.29 is 19.1 Å². The van der Waals surface area contributed by atoms with Crippen LogP contribution in [0.15, 0.2) is 18.2 Å². The van der Waals surface area contributed by atoms with E-state index in [9.17, 15) is 9.59 Å². The third-order valence-electron chi connectivity index (χ3n) is 3.26. The lowest BCUT2D eigenvalue weighted by molar-refractivity contribution is -0.145. The fraction of sp³-hybridized carbons (Fsp3) is 0.467. The number of carbonyl (C=O) groups excluding carboxylic acids is 2. The largest absolute Gasteiger partial charge is 0.494 e. The third kappa shape index (κ3) is 4.19. The Balaban J connectivity index is 1.84. The molecule has 1 aliphatic heterocycles. The second-order valence-electron chi connectivity index (χ2n) is 4.86. The Morgan fingerprint density at radius 1 is 1.43 bits per heavy atom. The Morgan fingerprint density at radius 3 is 3.00 bits per heavy atom. The number of carbonyl (C=O) groups is 2. The number of fused-ring (bicyclic) bond motifs is 1. The van der Waals surface area contributed by atoms with Gasteiger partial charge in [-0.3, -0.25) is 9.59 Å². The summed E-state index contributed by atoms with van der Waals surface area (Å²) in [5, 5.41) is 2.81. The van der Waals surface area contributed by atoms with Gasteiger partial charge in [0.25, 0.3) is 0 Å². The highest BCUT2D eigenvalue weighted by Gasteiger charge is 2.16. The molecule has 1 heterocycles. The molecule has 1 aromatic carbocycles. The number of anilines is 1. The number of hydrogen-bond acceptors (Lipinski definition) is 5. The van der Waals surface area contributed by atoms with Crippen molar-refractivity contribution in [1.29, 1.82) is 0 Å². The molecule has 0 radical (unpaired) electrons. The smallest absolute Gasteiger partial charge is 0.323 e. The van der Waals surface area contributed by atoms with Crippen LogP contribution in [-0.2, 0) is 20.7 Å². The molecule has 6 nitrogen and oxygen atoms in total. The molecule has 0 aromatic heterocycles. The molecular formula is C15H20N2O4. The van der Waals surface area contributed by atoms with Crippen LogP contribution in [0.2, 0.25) is 0 Å². The number of aryl methyl sites for hydroxylation is 1. The van der Waals surface area contributed by atoms with E-state index in [-0.39, 0.29) is 5.91 Å². The number of hydrogen-bond donors (Lipinski definition) is 2. The normalized spacial score (nSPS) is 14.9. The Bertz CT molecular complexity index is 530. The first-order valence-corrected chi connectivity index (χ1v) is 7.08. The minimum Gasteiger partial charge on any atom is -0.494 e. The minimum atomic E-state index is -0.665. The zero-order valence-electron chi connectivity index (χ0n) is 12.1. The summed E-state index contributed by atoms with van der Waals surface area (Å²) in [5.74, 6) is 0.340. The molecule has 0 spiro atoms. The van der Waals surface area contributed by atoms with Gasteiger partial charge in [0.05, 0.1) is 13.2 Å². The molecule has 1 unspecified atom stereocenters. The van der Waals surface area contributed by atoms with Crippen molar-refractivity contribution in [3.63, 3.8) is 0 Å². The highest BCUT2D eigenvalue weighted by Crippen LogP contribution is 2.26. The number of esters is 1. The average molecular weight is 292 g/mol. The van der Waals surface area contributed by atoms with Crippen LogP contribution in [-0.4, -0.2) is 31.1 Å². The first-order valence-electron chi connectivity index (χ1n) is 7.08. The van der Waals surface area contributed by atoms with Gasteiger partial charge in [-0.15, -0.1) is 0 Å². The molecule has 0 aliphatic carbocycles. The maximum atomic E-state index is 11.4. The number of ether oxygens (including phenoxy) is 2. The summed E-state index contributed by atoms with van der Waals surface area (Å²) in [6, 6.07) is 4.86. The molecule has 0 bridgehead atoms. The number of benzene rings is 1. The van der Waals surface area contributed by atoms with Crippen LogP contribution in [0.5, 0.6) is 5.75 Å². The van der Waals surface area contributed by atoms with E-state index in [1.165, 1.54) is 0 Å². The van der Waals surface area contributed by atoms with Crippen LogP contribution >= 0.6 is 0 Å². The SMILES string of the molecule is CCOC(=O)C(N)CCOc1ccc2c(c1)CCC(=O)N2. The van der Waals surface area contributed by atoms with Crippen molar-refractivity contribution in [1.82, 2.24) is 0 Å². The van der Waals surface area contributed by atoms with E-state index in [1.54, 1.807) is 13.0 Å². The second-order valence-corrected chi connectivity index (χ2v) is 4.86. The van der Waals surface area contributed by atoms with Crippen molar-refractivity contribution >= 4 is 17.6 Å². The highest BCUT2D eigenvalue weighted by molar-refractivity contribution is 5.94. The Hall–Kier alpha value is -2.08.